The predicted octanol–water partition coefficient (Wildman–Crippen LogP) is 7.40. The van der Waals surface area contributed by atoms with Gasteiger partial charge in [-0.05, 0) is 60.7 Å². The van der Waals surface area contributed by atoms with Crippen LogP contribution in [-0.4, -0.2) is 19.2 Å². The maximum absolute atomic E-state index is 13.1. The smallest absolute Gasteiger partial charge is 0.294 e. The van der Waals surface area contributed by atoms with Gasteiger partial charge in [0, 0.05) is 11.1 Å². The molecule has 0 radical (unpaired) electrons. The SMILES string of the molecule is O=C(Nc1c(Cl)cccc1[N+](=O)[O-])c1cc(Cl)ccc1NS(=O)(=O)c1ccc(Oc2ccccc2Cl)cc1. The highest BCUT2D eigenvalue weighted by Gasteiger charge is 2.23. The van der Waals surface area contributed by atoms with Crippen molar-refractivity contribution >= 4 is 67.8 Å². The summed E-state index contributed by atoms with van der Waals surface area (Å²) in [6, 6.07) is 20.1. The largest absolute Gasteiger partial charge is 0.456 e. The molecule has 1 amide bonds. The van der Waals surface area contributed by atoms with E-state index in [0.29, 0.717) is 16.5 Å². The van der Waals surface area contributed by atoms with Gasteiger partial charge in [-0.1, -0.05) is 53.0 Å². The monoisotopic (exact) mass is 591 g/mol. The molecule has 4 rings (SSSR count). The molecule has 0 aliphatic rings. The lowest BCUT2D eigenvalue weighted by Gasteiger charge is -2.14. The molecule has 0 aromatic heterocycles. The van der Waals surface area contributed by atoms with Crippen LogP contribution in [0.5, 0.6) is 11.5 Å². The number of nitro groups is 1. The Morgan fingerprint density at radius 1 is 0.868 bits per heavy atom. The Morgan fingerprint density at radius 2 is 1.55 bits per heavy atom. The maximum Gasteiger partial charge on any atom is 0.294 e. The number of amides is 1. The average molecular weight is 593 g/mol. The van der Waals surface area contributed by atoms with Gasteiger partial charge in [0.05, 0.1) is 31.1 Å². The molecule has 9 nitrogen and oxygen atoms in total. The van der Waals surface area contributed by atoms with Crippen molar-refractivity contribution in [1.29, 1.82) is 0 Å². The standard InChI is InChI=1S/C25H16Cl3N3O6S/c26-15-8-13-21(18(14-15)25(32)29-24-20(28)5-3-6-22(24)31(33)34)30-38(35,36)17-11-9-16(10-12-17)37-23-7-2-1-4-19(23)27/h1-14,30H,(H,29,32). The lowest BCUT2D eigenvalue weighted by atomic mass is 10.1. The van der Waals surface area contributed by atoms with Crippen LogP contribution in [0.2, 0.25) is 15.1 Å². The summed E-state index contributed by atoms with van der Waals surface area (Å²) in [7, 11) is -4.17. The van der Waals surface area contributed by atoms with E-state index in [4.69, 9.17) is 39.5 Å². The summed E-state index contributed by atoms with van der Waals surface area (Å²) < 4.78 is 34.2. The molecule has 0 saturated heterocycles. The molecule has 38 heavy (non-hydrogen) atoms. The number of carbonyl (C=O) groups is 1. The summed E-state index contributed by atoms with van der Waals surface area (Å²) >= 11 is 18.2. The van der Waals surface area contributed by atoms with Crippen molar-refractivity contribution in [3.8, 4) is 11.5 Å². The highest BCUT2D eigenvalue weighted by atomic mass is 35.5. The van der Waals surface area contributed by atoms with E-state index in [1.165, 1.54) is 60.7 Å². The van der Waals surface area contributed by atoms with Gasteiger partial charge in [-0.3, -0.25) is 19.6 Å². The molecule has 0 aliphatic heterocycles. The minimum atomic E-state index is -4.17. The van der Waals surface area contributed by atoms with E-state index in [9.17, 15) is 23.3 Å². The van der Waals surface area contributed by atoms with E-state index in [0.717, 1.165) is 0 Å². The lowest BCUT2D eigenvalue weighted by Crippen LogP contribution is -2.19. The third-order valence-electron chi connectivity index (χ3n) is 5.10. The van der Waals surface area contributed by atoms with E-state index in [1.807, 2.05) is 0 Å². The van der Waals surface area contributed by atoms with E-state index in [-0.39, 0.29) is 31.9 Å². The Kier molecular flexibility index (Phi) is 8.08. The number of hydrogen-bond acceptors (Lipinski definition) is 6. The van der Waals surface area contributed by atoms with Crippen LogP contribution in [0.3, 0.4) is 0 Å². The molecule has 0 spiro atoms. The zero-order chi connectivity index (χ0) is 27.4. The first kappa shape index (κ1) is 27.2. The van der Waals surface area contributed by atoms with Gasteiger partial charge in [-0.15, -0.1) is 0 Å². The van der Waals surface area contributed by atoms with Crippen LogP contribution in [0.1, 0.15) is 10.4 Å². The number of hydrogen-bond donors (Lipinski definition) is 2. The number of sulfonamides is 1. The van der Waals surface area contributed by atoms with Crippen LogP contribution in [-0.2, 0) is 10.0 Å². The summed E-state index contributed by atoms with van der Waals surface area (Å²) in [4.78, 5) is 23.6. The van der Waals surface area contributed by atoms with Crippen LogP contribution < -0.4 is 14.8 Å². The molecule has 0 atom stereocenters. The fraction of sp³-hybridized carbons (Fsp3) is 0. The van der Waals surface area contributed by atoms with Gasteiger partial charge < -0.3 is 10.1 Å². The van der Waals surface area contributed by atoms with Crippen molar-refractivity contribution in [3.63, 3.8) is 0 Å². The van der Waals surface area contributed by atoms with Crippen molar-refractivity contribution in [2.24, 2.45) is 0 Å². The summed E-state index contributed by atoms with van der Waals surface area (Å²) in [5.74, 6) is -0.117. The Bertz CT molecular complexity index is 1650. The molecule has 0 unspecified atom stereocenters. The van der Waals surface area contributed by atoms with Gasteiger partial charge >= 0.3 is 0 Å². The van der Waals surface area contributed by atoms with Gasteiger partial charge in [0.1, 0.15) is 17.2 Å². The molecule has 4 aromatic carbocycles. The van der Waals surface area contributed by atoms with Gasteiger partial charge in [0.2, 0.25) is 0 Å². The number of benzene rings is 4. The second-order valence-electron chi connectivity index (χ2n) is 7.64. The molecule has 0 aliphatic carbocycles. The van der Waals surface area contributed by atoms with Crippen molar-refractivity contribution < 1.29 is 22.9 Å². The molecule has 13 heteroatoms. The minimum Gasteiger partial charge on any atom is -0.456 e. The minimum absolute atomic E-state index is 0.0733. The van der Waals surface area contributed by atoms with E-state index >= 15 is 0 Å². The highest BCUT2D eigenvalue weighted by molar-refractivity contribution is 7.92. The molecule has 0 saturated carbocycles. The summed E-state index contributed by atoms with van der Waals surface area (Å²) in [5.41, 5.74) is -0.979. The van der Waals surface area contributed by atoms with Crippen LogP contribution >= 0.6 is 34.8 Å². The average Bonchev–Trinajstić information content (AvgIpc) is 2.87. The molecular weight excluding hydrogens is 577 g/mol. The normalized spacial score (nSPS) is 11.0. The van der Waals surface area contributed by atoms with Gasteiger partial charge in [0.25, 0.3) is 21.6 Å². The van der Waals surface area contributed by atoms with Crippen molar-refractivity contribution in [1.82, 2.24) is 0 Å². The third-order valence-corrected chi connectivity index (χ3v) is 7.34. The molecule has 0 fully saturated rings. The molecule has 0 heterocycles. The number of anilines is 2. The number of para-hydroxylation sites is 2. The second kappa shape index (κ2) is 11.3. The Balaban J connectivity index is 1.59. The Labute approximate surface area is 232 Å². The van der Waals surface area contributed by atoms with Crippen molar-refractivity contribution in [2.75, 3.05) is 10.0 Å². The number of halogens is 3. The quantitative estimate of drug-likeness (QED) is 0.162. The predicted molar refractivity (Wildman–Crippen MR) is 146 cm³/mol. The molecule has 194 valence electrons. The maximum atomic E-state index is 13.1. The first-order chi connectivity index (χ1) is 18.0. The molecular formula is C25H16Cl3N3O6S. The van der Waals surface area contributed by atoms with E-state index < -0.39 is 26.5 Å². The van der Waals surface area contributed by atoms with Crippen LogP contribution in [0.15, 0.2) is 89.8 Å². The second-order valence-corrected chi connectivity index (χ2v) is 10.6. The first-order valence-corrected chi connectivity index (χ1v) is 13.3. The van der Waals surface area contributed by atoms with Crippen molar-refractivity contribution in [3.05, 3.63) is 116 Å². The fourth-order valence-corrected chi connectivity index (χ4v) is 4.95. The highest BCUT2D eigenvalue weighted by Crippen LogP contribution is 2.34. The van der Waals surface area contributed by atoms with Crippen LogP contribution in [0, 0.1) is 10.1 Å². The third kappa shape index (κ3) is 6.17. The van der Waals surface area contributed by atoms with Crippen molar-refractivity contribution in [2.45, 2.75) is 4.90 Å². The summed E-state index contributed by atoms with van der Waals surface area (Å²) in [6.45, 7) is 0. The number of ether oxygens (including phenoxy) is 1. The van der Waals surface area contributed by atoms with Gasteiger partial charge in [-0.2, -0.15) is 0 Å². The summed E-state index contributed by atoms with van der Waals surface area (Å²) in [5, 5.41) is 14.2. The van der Waals surface area contributed by atoms with Gasteiger partial charge in [0.15, 0.2) is 0 Å². The molecule has 2 N–H and O–H groups in total. The van der Waals surface area contributed by atoms with Crippen LogP contribution in [0.25, 0.3) is 0 Å². The molecule has 0 bridgehead atoms. The number of carbonyl (C=O) groups excluding carboxylic acids is 1. The summed E-state index contributed by atoms with van der Waals surface area (Å²) in [6.07, 6.45) is 0. The topological polar surface area (TPSA) is 128 Å². The number of nitrogens with zero attached hydrogens (tertiary/aromatic N) is 1. The number of nitro benzene ring substituents is 1. The lowest BCUT2D eigenvalue weighted by molar-refractivity contribution is -0.383. The van der Waals surface area contributed by atoms with Gasteiger partial charge in [-0.25, -0.2) is 8.42 Å². The number of rotatable bonds is 8. The Morgan fingerprint density at radius 3 is 2.24 bits per heavy atom. The number of nitrogens with one attached hydrogen (secondary N) is 2. The zero-order valence-electron chi connectivity index (χ0n) is 19.0. The van der Waals surface area contributed by atoms with E-state index in [1.54, 1.807) is 24.3 Å². The van der Waals surface area contributed by atoms with E-state index in [2.05, 4.69) is 10.0 Å². The first-order valence-electron chi connectivity index (χ1n) is 10.6. The van der Waals surface area contributed by atoms with Crippen LogP contribution in [0.4, 0.5) is 17.1 Å². The Hall–Kier alpha value is -3.83. The fourth-order valence-electron chi connectivity index (χ4n) is 3.31. The molecule has 4 aromatic rings. The zero-order valence-corrected chi connectivity index (χ0v) is 22.1.